The molecule has 0 atom stereocenters. The Hall–Kier alpha value is -2.27. The number of para-hydroxylation sites is 2. The van der Waals surface area contributed by atoms with Gasteiger partial charge < -0.3 is 10.2 Å². The van der Waals surface area contributed by atoms with Gasteiger partial charge in [0.05, 0.1) is 22.1 Å². The van der Waals surface area contributed by atoms with Gasteiger partial charge in [0.2, 0.25) is 0 Å². The van der Waals surface area contributed by atoms with Gasteiger partial charge in [-0.1, -0.05) is 12.1 Å². The Morgan fingerprint density at radius 3 is 2.27 bits per heavy atom. The first-order valence-electron chi connectivity index (χ1n) is 7.52. The average molecular weight is 308 g/mol. The van der Waals surface area contributed by atoms with E-state index in [1.165, 1.54) is 12.8 Å². The Morgan fingerprint density at radius 1 is 0.909 bits per heavy atom. The average Bonchev–Trinajstić information content (AvgIpc) is 3.07. The second-order valence-electron chi connectivity index (χ2n) is 5.54. The van der Waals surface area contributed by atoms with Gasteiger partial charge in [-0.25, -0.2) is 9.97 Å². The fourth-order valence-corrected chi connectivity index (χ4v) is 3.12. The Kier molecular flexibility index (Phi) is 3.35. The van der Waals surface area contributed by atoms with Crippen LogP contribution < -0.4 is 5.32 Å². The molecular weight excluding hydrogens is 292 g/mol. The molecule has 1 aliphatic rings. The summed E-state index contributed by atoms with van der Waals surface area (Å²) >= 11 is 5.47. The van der Waals surface area contributed by atoms with E-state index in [0.29, 0.717) is 0 Å². The molecule has 1 saturated heterocycles. The zero-order chi connectivity index (χ0) is 14.9. The molecule has 4 nitrogen and oxygen atoms in total. The minimum Gasteiger partial charge on any atom is -0.349 e. The van der Waals surface area contributed by atoms with Crippen LogP contribution in [0.25, 0.3) is 22.1 Å². The summed E-state index contributed by atoms with van der Waals surface area (Å²) in [5, 5.41) is 4.11. The number of hydrogen-bond donors (Lipinski definition) is 1. The molecule has 4 rings (SSSR count). The molecule has 0 radical (unpaired) electrons. The highest BCUT2D eigenvalue weighted by Crippen LogP contribution is 2.20. The van der Waals surface area contributed by atoms with Crippen LogP contribution in [0.3, 0.4) is 0 Å². The van der Waals surface area contributed by atoms with Gasteiger partial charge in [0.1, 0.15) is 0 Å². The molecule has 110 valence electrons. The van der Waals surface area contributed by atoms with Crippen LogP contribution in [0, 0.1) is 0 Å². The van der Waals surface area contributed by atoms with E-state index in [1.54, 1.807) is 0 Å². The van der Waals surface area contributed by atoms with Gasteiger partial charge in [0.15, 0.2) is 5.11 Å². The maximum Gasteiger partial charge on any atom is 0.173 e. The van der Waals surface area contributed by atoms with Gasteiger partial charge in [0, 0.05) is 18.8 Å². The number of anilines is 1. The lowest BCUT2D eigenvalue weighted by Crippen LogP contribution is -2.31. The van der Waals surface area contributed by atoms with Crippen molar-refractivity contribution < 1.29 is 0 Å². The van der Waals surface area contributed by atoms with Crippen LogP contribution in [0.2, 0.25) is 0 Å². The highest BCUT2D eigenvalue weighted by molar-refractivity contribution is 7.80. The van der Waals surface area contributed by atoms with Crippen LogP contribution >= 0.6 is 12.2 Å². The second kappa shape index (κ2) is 5.50. The summed E-state index contributed by atoms with van der Waals surface area (Å²) in [5.41, 5.74) is 4.58. The number of fused-ring (bicyclic) bond motifs is 2. The van der Waals surface area contributed by atoms with E-state index in [2.05, 4.69) is 20.2 Å². The van der Waals surface area contributed by atoms with Gasteiger partial charge in [-0.2, -0.15) is 0 Å². The number of hydrogen-bond acceptors (Lipinski definition) is 3. The first-order chi connectivity index (χ1) is 10.8. The summed E-state index contributed by atoms with van der Waals surface area (Å²) in [4.78, 5) is 11.5. The standard InChI is InChI=1S/C17H16N4S/c22-17(21-9-3-4-10-21)18-12-7-8-15-16(11-12)20-14-6-2-1-5-13(14)19-15/h1-2,5-8,11H,3-4,9-10H2,(H,18,22). The summed E-state index contributed by atoms with van der Waals surface area (Å²) in [6.07, 6.45) is 2.44. The molecule has 0 amide bonds. The van der Waals surface area contributed by atoms with E-state index in [4.69, 9.17) is 12.2 Å². The van der Waals surface area contributed by atoms with E-state index in [-0.39, 0.29) is 0 Å². The molecule has 5 heteroatoms. The van der Waals surface area contributed by atoms with E-state index in [9.17, 15) is 0 Å². The number of likely N-dealkylation sites (tertiary alicyclic amines) is 1. The van der Waals surface area contributed by atoms with Crippen molar-refractivity contribution in [3.05, 3.63) is 42.5 Å². The maximum atomic E-state index is 5.47. The fraction of sp³-hybridized carbons (Fsp3) is 0.235. The minimum atomic E-state index is 0.797. The number of thiocarbonyl (C=S) groups is 1. The predicted molar refractivity (Wildman–Crippen MR) is 94.1 cm³/mol. The third kappa shape index (κ3) is 2.48. The Labute approximate surface area is 134 Å². The van der Waals surface area contributed by atoms with Crippen molar-refractivity contribution in [2.24, 2.45) is 0 Å². The highest BCUT2D eigenvalue weighted by atomic mass is 32.1. The molecule has 2 aromatic carbocycles. The summed E-state index contributed by atoms with van der Waals surface area (Å²) in [7, 11) is 0. The molecule has 0 bridgehead atoms. The monoisotopic (exact) mass is 308 g/mol. The summed E-state index contributed by atoms with van der Waals surface area (Å²) < 4.78 is 0. The van der Waals surface area contributed by atoms with E-state index >= 15 is 0 Å². The number of rotatable bonds is 1. The van der Waals surface area contributed by atoms with E-state index in [1.807, 2.05) is 42.5 Å². The number of aromatic nitrogens is 2. The molecule has 1 aliphatic heterocycles. The minimum absolute atomic E-state index is 0.797. The van der Waals surface area contributed by atoms with Crippen molar-refractivity contribution in [3.63, 3.8) is 0 Å². The van der Waals surface area contributed by atoms with Gasteiger partial charge in [0.25, 0.3) is 0 Å². The summed E-state index contributed by atoms with van der Waals surface area (Å²) in [6, 6.07) is 13.9. The molecule has 0 aliphatic carbocycles. The van der Waals surface area contributed by atoms with Gasteiger partial charge in [-0.05, 0) is 55.4 Å². The van der Waals surface area contributed by atoms with E-state index < -0.39 is 0 Å². The molecule has 0 spiro atoms. The molecular formula is C17H16N4S. The first kappa shape index (κ1) is 13.4. The number of nitrogens with zero attached hydrogens (tertiary/aromatic N) is 3. The zero-order valence-corrected chi connectivity index (χ0v) is 12.9. The molecule has 1 fully saturated rings. The topological polar surface area (TPSA) is 41.1 Å². The Morgan fingerprint density at radius 2 is 1.55 bits per heavy atom. The smallest absolute Gasteiger partial charge is 0.173 e. The third-order valence-corrected chi connectivity index (χ3v) is 4.34. The van der Waals surface area contributed by atoms with Crippen molar-refractivity contribution in [3.8, 4) is 0 Å². The van der Waals surface area contributed by atoms with Crippen molar-refractivity contribution in [2.45, 2.75) is 12.8 Å². The first-order valence-corrected chi connectivity index (χ1v) is 7.93. The molecule has 0 unspecified atom stereocenters. The summed E-state index contributed by atoms with van der Waals surface area (Å²) in [6.45, 7) is 2.09. The number of nitrogens with one attached hydrogen (secondary N) is 1. The quantitative estimate of drug-likeness (QED) is 0.550. The van der Waals surface area contributed by atoms with Crippen LogP contribution in [0.5, 0.6) is 0 Å². The second-order valence-corrected chi connectivity index (χ2v) is 5.93. The zero-order valence-electron chi connectivity index (χ0n) is 12.1. The SMILES string of the molecule is S=C(Nc1ccc2nc3ccccc3nc2c1)N1CCCC1. The fourth-order valence-electron chi connectivity index (χ4n) is 2.82. The van der Waals surface area contributed by atoms with Crippen LogP contribution in [-0.4, -0.2) is 33.1 Å². The predicted octanol–water partition coefficient (Wildman–Crippen LogP) is 3.58. The molecule has 0 saturated carbocycles. The normalized spacial score (nSPS) is 14.6. The molecule has 2 heterocycles. The van der Waals surface area contributed by atoms with E-state index in [0.717, 1.165) is 46.0 Å². The van der Waals surface area contributed by atoms with Gasteiger partial charge in [-0.15, -0.1) is 0 Å². The van der Waals surface area contributed by atoms with Crippen molar-refractivity contribution in [2.75, 3.05) is 18.4 Å². The maximum absolute atomic E-state index is 5.47. The van der Waals surface area contributed by atoms with Crippen LogP contribution in [0.1, 0.15) is 12.8 Å². The summed E-state index contributed by atoms with van der Waals surface area (Å²) in [5.74, 6) is 0. The lowest BCUT2D eigenvalue weighted by molar-refractivity contribution is 0.528. The lowest BCUT2D eigenvalue weighted by Gasteiger charge is -2.19. The molecule has 1 N–H and O–H groups in total. The van der Waals surface area contributed by atoms with Crippen LogP contribution in [0.15, 0.2) is 42.5 Å². The molecule has 3 aromatic rings. The van der Waals surface area contributed by atoms with Crippen molar-refractivity contribution >= 4 is 45.1 Å². The van der Waals surface area contributed by atoms with Gasteiger partial charge in [-0.3, -0.25) is 0 Å². The number of benzene rings is 2. The van der Waals surface area contributed by atoms with Gasteiger partial charge >= 0.3 is 0 Å². The molecule has 1 aromatic heterocycles. The highest BCUT2D eigenvalue weighted by Gasteiger charge is 2.14. The van der Waals surface area contributed by atoms with Crippen molar-refractivity contribution in [1.82, 2.24) is 14.9 Å². The Balaban J connectivity index is 1.67. The third-order valence-electron chi connectivity index (χ3n) is 3.98. The van der Waals surface area contributed by atoms with Crippen LogP contribution in [0.4, 0.5) is 5.69 Å². The van der Waals surface area contributed by atoms with Crippen molar-refractivity contribution in [1.29, 1.82) is 0 Å². The van der Waals surface area contributed by atoms with Crippen LogP contribution in [-0.2, 0) is 0 Å². The lowest BCUT2D eigenvalue weighted by atomic mass is 10.2. The Bertz CT molecular complexity index is 856. The molecule has 22 heavy (non-hydrogen) atoms. The largest absolute Gasteiger partial charge is 0.349 e.